The highest BCUT2D eigenvalue weighted by molar-refractivity contribution is 5.68. The Morgan fingerprint density at radius 1 is 1.47 bits per heavy atom. The number of para-hydroxylation sites is 1. The van der Waals surface area contributed by atoms with Crippen LogP contribution in [0.3, 0.4) is 0 Å². The molecule has 0 aliphatic heterocycles. The van der Waals surface area contributed by atoms with Crippen LogP contribution < -0.4 is 10.1 Å². The van der Waals surface area contributed by atoms with Gasteiger partial charge in [-0.2, -0.15) is 0 Å². The third-order valence-electron chi connectivity index (χ3n) is 3.27. The van der Waals surface area contributed by atoms with E-state index in [4.69, 9.17) is 9.47 Å². The molecule has 0 bridgehead atoms. The second-order valence-electron chi connectivity index (χ2n) is 4.51. The van der Waals surface area contributed by atoms with Crippen LogP contribution >= 0.6 is 0 Å². The molecule has 0 aromatic heterocycles. The van der Waals surface area contributed by atoms with E-state index in [1.165, 1.54) is 0 Å². The van der Waals surface area contributed by atoms with Gasteiger partial charge in [0.05, 0.1) is 17.6 Å². The monoisotopic (exact) mass is 266 g/mol. The van der Waals surface area contributed by atoms with E-state index in [1.807, 2.05) is 0 Å². The predicted octanol–water partition coefficient (Wildman–Crippen LogP) is 2.58. The van der Waals surface area contributed by atoms with E-state index in [-0.39, 0.29) is 17.8 Å². The molecule has 2 rings (SSSR count). The number of nitrogens with one attached hydrogen (secondary N) is 1. The summed E-state index contributed by atoms with van der Waals surface area (Å²) in [6.07, 6.45) is 1.99. The minimum atomic E-state index is -0.403. The maximum Gasteiger partial charge on any atom is 0.333 e. The second kappa shape index (κ2) is 5.88. The molecule has 1 fully saturated rings. The molecule has 0 amide bonds. The minimum Gasteiger partial charge on any atom is -0.487 e. The van der Waals surface area contributed by atoms with E-state index in [1.54, 1.807) is 32.2 Å². The fourth-order valence-corrected chi connectivity index (χ4v) is 2.19. The first-order valence-electron chi connectivity index (χ1n) is 6.35. The summed E-state index contributed by atoms with van der Waals surface area (Å²) in [5, 5.41) is 14.4. The summed E-state index contributed by atoms with van der Waals surface area (Å²) < 4.78 is 10.5. The third-order valence-corrected chi connectivity index (χ3v) is 3.27. The largest absolute Gasteiger partial charge is 0.487 e. The summed E-state index contributed by atoms with van der Waals surface area (Å²) in [6.45, 7) is 2.21. The average molecular weight is 266 g/mol. The summed E-state index contributed by atoms with van der Waals surface area (Å²) in [6, 6.07) is 5.31. The zero-order valence-electron chi connectivity index (χ0n) is 11.1. The van der Waals surface area contributed by atoms with Gasteiger partial charge < -0.3 is 14.8 Å². The lowest BCUT2D eigenvalue weighted by Crippen LogP contribution is -2.40. The molecule has 0 unspecified atom stereocenters. The van der Waals surface area contributed by atoms with Gasteiger partial charge in [0, 0.05) is 13.2 Å². The number of nitro groups is 1. The van der Waals surface area contributed by atoms with Crippen LogP contribution in [0.15, 0.2) is 18.2 Å². The van der Waals surface area contributed by atoms with Crippen molar-refractivity contribution < 1.29 is 14.4 Å². The number of benzene rings is 1. The molecule has 19 heavy (non-hydrogen) atoms. The third kappa shape index (κ3) is 2.96. The molecule has 1 aromatic rings. The van der Waals surface area contributed by atoms with E-state index in [0.717, 1.165) is 12.8 Å². The number of hydrogen-bond donors (Lipinski definition) is 1. The number of nitro benzene ring substituents is 1. The lowest BCUT2D eigenvalue weighted by Gasteiger charge is -2.35. The van der Waals surface area contributed by atoms with Gasteiger partial charge in [0.1, 0.15) is 5.69 Å². The molecule has 1 aromatic carbocycles. The molecule has 1 N–H and O–H groups in total. The van der Waals surface area contributed by atoms with Gasteiger partial charge >= 0.3 is 5.69 Å². The molecular weight excluding hydrogens is 248 g/mol. The topological polar surface area (TPSA) is 73.6 Å². The maximum absolute atomic E-state index is 11.2. The first kappa shape index (κ1) is 13.6. The van der Waals surface area contributed by atoms with Gasteiger partial charge in [-0.15, -0.1) is 0 Å². The van der Waals surface area contributed by atoms with Crippen molar-refractivity contribution in [1.29, 1.82) is 0 Å². The Morgan fingerprint density at radius 3 is 2.79 bits per heavy atom. The molecule has 0 atom stereocenters. The maximum atomic E-state index is 11.2. The van der Waals surface area contributed by atoms with Crippen LogP contribution in [0.2, 0.25) is 0 Å². The fraction of sp³-hybridized carbons (Fsp3) is 0.538. The quantitative estimate of drug-likeness (QED) is 0.632. The normalized spacial score (nSPS) is 21.6. The summed E-state index contributed by atoms with van der Waals surface area (Å²) in [4.78, 5) is 10.8. The Bertz CT molecular complexity index is 458. The van der Waals surface area contributed by atoms with Gasteiger partial charge in [0.25, 0.3) is 0 Å². The van der Waals surface area contributed by atoms with Crippen molar-refractivity contribution in [2.75, 3.05) is 19.0 Å². The number of anilines is 1. The SMILES string of the molecule is CCOc1cccc(NC2CC(OC)C2)c1[N+](=O)[O-]. The fourth-order valence-electron chi connectivity index (χ4n) is 2.19. The number of methoxy groups -OCH3 is 1. The zero-order valence-corrected chi connectivity index (χ0v) is 11.1. The molecule has 1 aliphatic carbocycles. The highest BCUT2D eigenvalue weighted by Gasteiger charge is 2.31. The van der Waals surface area contributed by atoms with E-state index in [0.29, 0.717) is 18.0 Å². The van der Waals surface area contributed by atoms with Crippen LogP contribution in [-0.2, 0) is 4.74 Å². The Kier molecular flexibility index (Phi) is 4.21. The lowest BCUT2D eigenvalue weighted by molar-refractivity contribution is -0.385. The number of hydrogen-bond acceptors (Lipinski definition) is 5. The van der Waals surface area contributed by atoms with Crippen LogP contribution in [0.25, 0.3) is 0 Å². The first-order valence-corrected chi connectivity index (χ1v) is 6.35. The standard InChI is InChI=1S/C13H18N2O4/c1-3-19-12-6-4-5-11(13(12)15(16)17)14-9-7-10(8-9)18-2/h4-6,9-10,14H,3,7-8H2,1-2H3. The predicted molar refractivity (Wildman–Crippen MR) is 71.7 cm³/mol. The van der Waals surface area contributed by atoms with Crippen molar-refractivity contribution in [3.63, 3.8) is 0 Å². The Labute approximate surface area is 111 Å². The molecule has 6 heteroatoms. The van der Waals surface area contributed by atoms with Crippen molar-refractivity contribution in [1.82, 2.24) is 0 Å². The average Bonchev–Trinajstić information content (AvgIpc) is 2.33. The highest BCUT2D eigenvalue weighted by Crippen LogP contribution is 2.37. The van der Waals surface area contributed by atoms with Gasteiger partial charge in [-0.3, -0.25) is 10.1 Å². The van der Waals surface area contributed by atoms with Gasteiger partial charge in [-0.1, -0.05) is 6.07 Å². The second-order valence-corrected chi connectivity index (χ2v) is 4.51. The van der Waals surface area contributed by atoms with Crippen LogP contribution in [0.1, 0.15) is 19.8 Å². The van der Waals surface area contributed by atoms with Crippen LogP contribution in [0.5, 0.6) is 5.75 Å². The molecule has 1 saturated carbocycles. The Morgan fingerprint density at radius 2 is 2.21 bits per heavy atom. The van der Waals surface area contributed by atoms with Crippen LogP contribution in [0, 0.1) is 10.1 Å². The summed E-state index contributed by atoms with van der Waals surface area (Å²) >= 11 is 0. The van der Waals surface area contributed by atoms with Gasteiger partial charge in [0.15, 0.2) is 5.75 Å². The van der Waals surface area contributed by atoms with Crippen molar-refractivity contribution >= 4 is 11.4 Å². The molecule has 104 valence electrons. The molecule has 0 heterocycles. The van der Waals surface area contributed by atoms with E-state index >= 15 is 0 Å². The van der Waals surface area contributed by atoms with Crippen LogP contribution in [0.4, 0.5) is 11.4 Å². The molecular formula is C13H18N2O4. The van der Waals surface area contributed by atoms with Gasteiger partial charge in [0.2, 0.25) is 0 Å². The lowest BCUT2D eigenvalue weighted by atomic mass is 9.89. The van der Waals surface area contributed by atoms with E-state index in [2.05, 4.69) is 5.32 Å². The first-order chi connectivity index (χ1) is 9.15. The zero-order chi connectivity index (χ0) is 13.8. The Hall–Kier alpha value is -1.82. The molecule has 0 saturated heterocycles. The van der Waals surface area contributed by atoms with Gasteiger partial charge in [-0.05, 0) is 31.9 Å². The highest BCUT2D eigenvalue weighted by atomic mass is 16.6. The number of ether oxygens (including phenoxy) is 2. The minimum absolute atomic E-state index is 0.00483. The molecule has 1 aliphatic rings. The van der Waals surface area contributed by atoms with Crippen molar-refractivity contribution in [3.8, 4) is 5.75 Å². The smallest absolute Gasteiger partial charge is 0.333 e. The van der Waals surface area contributed by atoms with Gasteiger partial charge in [-0.25, -0.2) is 0 Å². The molecule has 0 radical (unpaired) electrons. The van der Waals surface area contributed by atoms with E-state index < -0.39 is 4.92 Å². The van der Waals surface area contributed by atoms with Crippen molar-refractivity contribution in [2.45, 2.75) is 31.9 Å². The number of rotatable bonds is 6. The molecule has 6 nitrogen and oxygen atoms in total. The van der Waals surface area contributed by atoms with E-state index in [9.17, 15) is 10.1 Å². The summed E-state index contributed by atoms with van der Waals surface area (Å²) in [5.41, 5.74) is 0.515. The summed E-state index contributed by atoms with van der Waals surface area (Å²) in [7, 11) is 1.68. The Balaban J connectivity index is 2.15. The van der Waals surface area contributed by atoms with Crippen molar-refractivity contribution in [2.24, 2.45) is 0 Å². The van der Waals surface area contributed by atoms with Crippen molar-refractivity contribution in [3.05, 3.63) is 28.3 Å². The number of nitrogens with zero attached hydrogens (tertiary/aromatic N) is 1. The van der Waals surface area contributed by atoms with Crippen LogP contribution in [-0.4, -0.2) is 30.8 Å². The molecule has 0 spiro atoms. The summed E-state index contributed by atoms with van der Waals surface area (Å²) in [5.74, 6) is 0.306.